The van der Waals surface area contributed by atoms with Crippen LogP contribution in [0.4, 0.5) is 0 Å². The van der Waals surface area contributed by atoms with Crippen LogP contribution in [-0.4, -0.2) is 21.2 Å². The highest BCUT2D eigenvalue weighted by Crippen LogP contribution is 2.28. The molecule has 5 nitrogen and oxygen atoms in total. The number of imidazole rings is 1. The molecule has 20 heavy (non-hydrogen) atoms. The highest BCUT2D eigenvalue weighted by molar-refractivity contribution is 5.99. The number of aromatic nitrogens is 2. The highest BCUT2D eigenvalue weighted by atomic mass is 16.2. The van der Waals surface area contributed by atoms with E-state index in [-0.39, 0.29) is 11.8 Å². The fourth-order valence-corrected chi connectivity index (χ4v) is 1.93. The van der Waals surface area contributed by atoms with Crippen molar-refractivity contribution >= 4 is 11.6 Å². The molecule has 0 bridgehead atoms. The van der Waals surface area contributed by atoms with Gasteiger partial charge in [0.1, 0.15) is 0 Å². The van der Waals surface area contributed by atoms with Gasteiger partial charge in [0.15, 0.2) is 0 Å². The summed E-state index contributed by atoms with van der Waals surface area (Å²) in [5.41, 5.74) is 5.45. The molecule has 0 saturated heterocycles. The van der Waals surface area contributed by atoms with Gasteiger partial charge in [-0.1, -0.05) is 12.1 Å². The summed E-state index contributed by atoms with van der Waals surface area (Å²) in [6, 6.07) is 7.96. The maximum absolute atomic E-state index is 11.5. The second-order valence-corrected chi connectivity index (χ2v) is 4.96. The zero-order valence-electron chi connectivity index (χ0n) is 11.3. The summed E-state index contributed by atoms with van der Waals surface area (Å²) in [6.07, 6.45) is 7.37. The molecule has 0 unspecified atom stereocenters. The first-order chi connectivity index (χ1) is 9.74. The van der Waals surface area contributed by atoms with Crippen molar-refractivity contribution in [2.45, 2.75) is 19.8 Å². The lowest BCUT2D eigenvalue weighted by molar-refractivity contribution is -0.122. The average Bonchev–Trinajstić information content (AvgIpc) is 3.19. The number of nitrogens with zero attached hydrogens (tertiary/aromatic N) is 3. The fourth-order valence-electron chi connectivity index (χ4n) is 1.93. The fraction of sp³-hybridized carbons (Fsp3) is 0.267. The molecule has 0 atom stereocenters. The molecule has 1 N–H and O–H groups in total. The van der Waals surface area contributed by atoms with E-state index in [2.05, 4.69) is 15.5 Å². The number of rotatable bonds is 4. The lowest BCUT2D eigenvalue weighted by Crippen LogP contribution is -2.20. The molecule has 5 heteroatoms. The van der Waals surface area contributed by atoms with Gasteiger partial charge < -0.3 is 4.57 Å². The van der Waals surface area contributed by atoms with Crippen molar-refractivity contribution in [2.75, 3.05) is 0 Å². The van der Waals surface area contributed by atoms with E-state index < -0.39 is 0 Å². The van der Waals surface area contributed by atoms with E-state index >= 15 is 0 Å². The van der Waals surface area contributed by atoms with Crippen LogP contribution >= 0.6 is 0 Å². The predicted octanol–water partition coefficient (Wildman–Crippen LogP) is 2.12. The molecule has 1 fully saturated rings. The summed E-state index contributed by atoms with van der Waals surface area (Å²) >= 11 is 0. The van der Waals surface area contributed by atoms with Gasteiger partial charge in [0.25, 0.3) is 0 Å². The first kappa shape index (κ1) is 12.6. The van der Waals surface area contributed by atoms with Crippen LogP contribution in [0.15, 0.2) is 48.1 Å². The first-order valence-electron chi connectivity index (χ1n) is 6.67. The average molecular weight is 268 g/mol. The van der Waals surface area contributed by atoms with Crippen molar-refractivity contribution in [2.24, 2.45) is 11.0 Å². The summed E-state index contributed by atoms with van der Waals surface area (Å²) in [7, 11) is 0. The van der Waals surface area contributed by atoms with Gasteiger partial charge in [0.05, 0.1) is 12.0 Å². The van der Waals surface area contributed by atoms with E-state index in [0.29, 0.717) is 0 Å². The molecule has 0 aliphatic heterocycles. The molecule has 0 radical (unpaired) electrons. The molecule has 0 spiro atoms. The van der Waals surface area contributed by atoms with Gasteiger partial charge in [0, 0.05) is 24.0 Å². The van der Waals surface area contributed by atoms with Crippen LogP contribution in [0.5, 0.6) is 0 Å². The zero-order valence-corrected chi connectivity index (χ0v) is 11.3. The van der Waals surface area contributed by atoms with Crippen LogP contribution in [0.1, 0.15) is 25.3 Å². The van der Waals surface area contributed by atoms with E-state index in [9.17, 15) is 4.79 Å². The minimum atomic E-state index is 0.0272. The smallest absolute Gasteiger partial charge is 0.243 e. The molecule has 1 amide bonds. The molecule has 1 aliphatic rings. The van der Waals surface area contributed by atoms with Gasteiger partial charge in [-0.3, -0.25) is 4.79 Å². The van der Waals surface area contributed by atoms with Gasteiger partial charge in [-0.2, -0.15) is 5.10 Å². The topological polar surface area (TPSA) is 59.3 Å². The molecule has 1 heterocycles. The second-order valence-electron chi connectivity index (χ2n) is 4.96. The number of carbonyl (C=O) groups excluding carboxylic acids is 1. The number of hydrazone groups is 1. The van der Waals surface area contributed by atoms with E-state index in [1.807, 2.05) is 42.0 Å². The van der Waals surface area contributed by atoms with Crippen LogP contribution in [-0.2, 0) is 4.79 Å². The standard InChI is InChI=1S/C15H16N4O/c1-11(17-18-15(20)13-2-3-13)12-4-6-14(7-5-12)19-9-8-16-10-19/h4-10,13H,2-3H2,1H3,(H,18,20)/b17-11-. The Morgan fingerprint density at radius 2 is 2.10 bits per heavy atom. The number of hydrogen-bond acceptors (Lipinski definition) is 3. The van der Waals surface area contributed by atoms with E-state index in [4.69, 9.17) is 0 Å². The van der Waals surface area contributed by atoms with Gasteiger partial charge in [-0.05, 0) is 37.5 Å². The van der Waals surface area contributed by atoms with Crippen molar-refractivity contribution in [3.05, 3.63) is 48.5 Å². The number of nitrogens with one attached hydrogen (secondary N) is 1. The summed E-state index contributed by atoms with van der Waals surface area (Å²) in [6.45, 7) is 1.89. The second kappa shape index (κ2) is 5.28. The summed E-state index contributed by atoms with van der Waals surface area (Å²) in [4.78, 5) is 15.5. The van der Waals surface area contributed by atoms with Crippen LogP contribution < -0.4 is 5.43 Å². The first-order valence-corrected chi connectivity index (χ1v) is 6.67. The molecule has 102 valence electrons. The van der Waals surface area contributed by atoms with E-state index in [0.717, 1.165) is 29.8 Å². The SMILES string of the molecule is C/C(=N/NC(=O)C1CC1)c1ccc(-n2ccnc2)cc1. The van der Waals surface area contributed by atoms with E-state index in [1.54, 1.807) is 12.5 Å². The Morgan fingerprint density at radius 3 is 2.70 bits per heavy atom. The quantitative estimate of drug-likeness (QED) is 0.682. The molecule has 1 aromatic heterocycles. The minimum absolute atomic E-state index is 0.0272. The summed E-state index contributed by atoms with van der Waals surface area (Å²) in [5, 5.41) is 4.15. The van der Waals surface area contributed by atoms with Gasteiger partial charge >= 0.3 is 0 Å². The maximum atomic E-state index is 11.5. The number of hydrogen-bond donors (Lipinski definition) is 1. The molecule has 3 rings (SSSR count). The monoisotopic (exact) mass is 268 g/mol. The van der Waals surface area contributed by atoms with Crippen LogP contribution in [0.25, 0.3) is 5.69 Å². The Kier molecular flexibility index (Phi) is 3.33. The summed E-state index contributed by atoms with van der Waals surface area (Å²) in [5.74, 6) is 0.203. The van der Waals surface area contributed by atoms with Crippen molar-refractivity contribution in [3.63, 3.8) is 0 Å². The van der Waals surface area contributed by atoms with Gasteiger partial charge in [-0.25, -0.2) is 10.4 Å². The van der Waals surface area contributed by atoms with Crippen LogP contribution in [0.3, 0.4) is 0 Å². The Hall–Kier alpha value is -2.43. The Bertz CT molecular complexity index is 624. The Labute approximate surface area is 117 Å². The van der Waals surface area contributed by atoms with Crippen molar-refractivity contribution in [1.29, 1.82) is 0 Å². The lowest BCUT2D eigenvalue weighted by atomic mass is 10.1. The predicted molar refractivity (Wildman–Crippen MR) is 76.6 cm³/mol. The van der Waals surface area contributed by atoms with Gasteiger partial charge in [0.2, 0.25) is 5.91 Å². The number of carbonyl (C=O) groups is 1. The number of benzene rings is 1. The Morgan fingerprint density at radius 1 is 1.35 bits per heavy atom. The minimum Gasteiger partial charge on any atom is -0.306 e. The lowest BCUT2D eigenvalue weighted by Gasteiger charge is -2.05. The zero-order chi connectivity index (χ0) is 13.9. The molecule has 1 saturated carbocycles. The normalized spacial score (nSPS) is 15.2. The Balaban J connectivity index is 1.70. The van der Waals surface area contributed by atoms with Gasteiger partial charge in [-0.15, -0.1) is 0 Å². The third-order valence-electron chi connectivity index (χ3n) is 3.37. The van der Waals surface area contributed by atoms with Crippen LogP contribution in [0.2, 0.25) is 0 Å². The molecular formula is C15H16N4O. The molecule has 2 aromatic rings. The van der Waals surface area contributed by atoms with E-state index in [1.165, 1.54) is 0 Å². The molecular weight excluding hydrogens is 252 g/mol. The molecule has 1 aliphatic carbocycles. The van der Waals surface area contributed by atoms with Crippen molar-refractivity contribution in [3.8, 4) is 5.69 Å². The highest BCUT2D eigenvalue weighted by Gasteiger charge is 2.29. The van der Waals surface area contributed by atoms with Crippen molar-refractivity contribution < 1.29 is 4.79 Å². The number of amides is 1. The van der Waals surface area contributed by atoms with Crippen LogP contribution in [0, 0.1) is 5.92 Å². The molecule has 1 aromatic carbocycles. The largest absolute Gasteiger partial charge is 0.306 e. The summed E-state index contributed by atoms with van der Waals surface area (Å²) < 4.78 is 1.94. The third-order valence-corrected chi connectivity index (χ3v) is 3.37. The maximum Gasteiger partial charge on any atom is 0.243 e. The third kappa shape index (κ3) is 2.77. The van der Waals surface area contributed by atoms with Crippen molar-refractivity contribution in [1.82, 2.24) is 15.0 Å².